The SMILES string of the molecule is Cc1ccc(S(=O)c2ccc(CN3CCC(c4cc(NC(=O)C5CC5)ccc4C)CC3)cc2)cc1. The number of carbonyl (C=O) groups excluding carboxylic acids is 1. The van der Waals surface area contributed by atoms with Gasteiger partial charge in [0, 0.05) is 27.9 Å². The Morgan fingerprint density at radius 2 is 1.51 bits per heavy atom. The Kier molecular flexibility index (Phi) is 7.17. The van der Waals surface area contributed by atoms with Crippen molar-refractivity contribution in [3.05, 3.63) is 89.0 Å². The number of hydrogen-bond acceptors (Lipinski definition) is 3. The van der Waals surface area contributed by atoms with E-state index in [0.717, 1.165) is 60.8 Å². The van der Waals surface area contributed by atoms with Crippen LogP contribution in [0.5, 0.6) is 0 Å². The molecule has 1 unspecified atom stereocenters. The average Bonchev–Trinajstić information content (AvgIpc) is 3.72. The van der Waals surface area contributed by atoms with Gasteiger partial charge < -0.3 is 5.32 Å². The average molecular weight is 487 g/mol. The molecule has 0 spiro atoms. The van der Waals surface area contributed by atoms with Crippen LogP contribution in [-0.2, 0) is 22.1 Å². The van der Waals surface area contributed by atoms with Gasteiger partial charge in [0.15, 0.2) is 0 Å². The van der Waals surface area contributed by atoms with E-state index in [1.165, 1.54) is 22.3 Å². The number of aryl methyl sites for hydroxylation is 2. The number of likely N-dealkylation sites (tertiary alicyclic amines) is 1. The fourth-order valence-corrected chi connectivity index (χ4v) is 5.96. The molecule has 3 aromatic rings. The van der Waals surface area contributed by atoms with Crippen molar-refractivity contribution < 1.29 is 9.00 Å². The van der Waals surface area contributed by atoms with Gasteiger partial charge in [0.25, 0.3) is 0 Å². The largest absolute Gasteiger partial charge is 0.326 e. The minimum absolute atomic E-state index is 0.170. The summed E-state index contributed by atoms with van der Waals surface area (Å²) in [5.74, 6) is 0.923. The van der Waals surface area contributed by atoms with Crippen LogP contribution in [0.2, 0.25) is 0 Å². The Bertz CT molecular complexity index is 1210. The minimum Gasteiger partial charge on any atom is -0.326 e. The molecule has 2 fully saturated rings. The molecule has 1 atom stereocenters. The molecule has 1 saturated heterocycles. The van der Waals surface area contributed by atoms with Crippen molar-refractivity contribution >= 4 is 22.4 Å². The molecule has 1 saturated carbocycles. The van der Waals surface area contributed by atoms with Gasteiger partial charge in [-0.05, 0) is 112 Å². The number of nitrogens with one attached hydrogen (secondary N) is 1. The van der Waals surface area contributed by atoms with E-state index >= 15 is 0 Å². The fourth-order valence-electron chi connectivity index (χ4n) is 4.92. The molecular weight excluding hydrogens is 452 g/mol. The van der Waals surface area contributed by atoms with E-state index in [0.29, 0.717) is 5.92 Å². The molecule has 1 N–H and O–H groups in total. The van der Waals surface area contributed by atoms with Gasteiger partial charge in [-0.15, -0.1) is 0 Å². The predicted molar refractivity (Wildman–Crippen MR) is 142 cm³/mol. The van der Waals surface area contributed by atoms with E-state index in [9.17, 15) is 9.00 Å². The van der Waals surface area contributed by atoms with Crippen LogP contribution in [-0.4, -0.2) is 28.1 Å². The number of hydrogen-bond donors (Lipinski definition) is 1. The molecule has 1 heterocycles. The number of amides is 1. The minimum atomic E-state index is -1.14. The van der Waals surface area contributed by atoms with Crippen LogP contribution in [0.15, 0.2) is 76.5 Å². The van der Waals surface area contributed by atoms with Crippen LogP contribution in [0.4, 0.5) is 5.69 Å². The Morgan fingerprint density at radius 1 is 0.886 bits per heavy atom. The van der Waals surface area contributed by atoms with Crippen LogP contribution < -0.4 is 5.32 Å². The highest BCUT2D eigenvalue weighted by Gasteiger charge is 2.30. The summed E-state index contributed by atoms with van der Waals surface area (Å²) in [7, 11) is -1.14. The van der Waals surface area contributed by atoms with Crippen molar-refractivity contribution in [2.24, 2.45) is 5.92 Å². The van der Waals surface area contributed by atoms with E-state index < -0.39 is 10.8 Å². The summed E-state index contributed by atoms with van der Waals surface area (Å²) < 4.78 is 12.9. The predicted octanol–water partition coefficient (Wildman–Crippen LogP) is 6.20. The van der Waals surface area contributed by atoms with E-state index in [1.807, 2.05) is 49.4 Å². The third kappa shape index (κ3) is 5.91. The summed E-state index contributed by atoms with van der Waals surface area (Å²) in [4.78, 5) is 16.4. The smallest absolute Gasteiger partial charge is 0.227 e. The molecule has 2 aliphatic rings. The molecule has 0 radical (unpaired) electrons. The lowest BCUT2D eigenvalue weighted by Gasteiger charge is -2.33. The number of nitrogens with zero attached hydrogens (tertiary/aromatic N) is 1. The van der Waals surface area contributed by atoms with Crippen molar-refractivity contribution in [3.8, 4) is 0 Å². The van der Waals surface area contributed by atoms with Gasteiger partial charge in [0.1, 0.15) is 0 Å². The van der Waals surface area contributed by atoms with Gasteiger partial charge in [0.05, 0.1) is 10.8 Å². The first-order valence-corrected chi connectivity index (χ1v) is 13.8. The molecule has 5 rings (SSSR count). The van der Waals surface area contributed by atoms with Crippen molar-refractivity contribution in [2.45, 2.75) is 61.8 Å². The van der Waals surface area contributed by atoms with E-state index in [1.54, 1.807) is 0 Å². The Hall–Kier alpha value is -2.76. The van der Waals surface area contributed by atoms with Gasteiger partial charge in [-0.2, -0.15) is 0 Å². The Labute approximate surface area is 211 Å². The molecular formula is C30H34N2O2S. The maximum atomic E-state index is 12.9. The van der Waals surface area contributed by atoms with Crippen LogP contribution >= 0.6 is 0 Å². The molecule has 1 aliphatic heterocycles. The van der Waals surface area contributed by atoms with Crippen molar-refractivity contribution in [1.82, 2.24) is 4.90 Å². The second-order valence-electron chi connectivity index (χ2n) is 10.1. The number of piperidine rings is 1. The summed E-state index contributed by atoms with van der Waals surface area (Å²) in [5, 5.41) is 3.11. The van der Waals surface area contributed by atoms with Gasteiger partial charge in [-0.1, -0.05) is 35.9 Å². The monoisotopic (exact) mass is 486 g/mol. The molecule has 3 aromatic carbocycles. The Balaban J connectivity index is 1.16. The quantitative estimate of drug-likeness (QED) is 0.433. The maximum Gasteiger partial charge on any atom is 0.227 e. The first kappa shape index (κ1) is 24.0. The fraction of sp³-hybridized carbons (Fsp3) is 0.367. The van der Waals surface area contributed by atoms with Gasteiger partial charge >= 0.3 is 0 Å². The zero-order valence-corrected chi connectivity index (χ0v) is 21.4. The number of carbonyl (C=O) groups is 1. The van der Waals surface area contributed by atoms with Gasteiger partial charge in [0.2, 0.25) is 5.91 Å². The second-order valence-corrected chi connectivity index (χ2v) is 11.6. The molecule has 1 amide bonds. The first-order chi connectivity index (χ1) is 17.0. The Morgan fingerprint density at radius 3 is 2.14 bits per heavy atom. The lowest BCUT2D eigenvalue weighted by Crippen LogP contribution is -2.32. The van der Waals surface area contributed by atoms with Gasteiger partial charge in [-0.3, -0.25) is 9.69 Å². The standard InChI is InChI=1S/C30H34N2O2S/c1-21-3-11-27(12-4-21)35(34)28-13-6-23(7-14-28)20-32-17-15-24(16-18-32)29-19-26(10-5-22(29)2)31-30(33)25-8-9-25/h3-7,10-14,19,24-25H,8-9,15-18,20H2,1-2H3,(H,31,33). The zero-order chi connectivity index (χ0) is 24.4. The highest BCUT2D eigenvalue weighted by Crippen LogP contribution is 2.34. The maximum absolute atomic E-state index is 12.9. The lowest BCUT2D eigenvalue weighted by molar-refractivity contribution is -0.117. The zero-order valence-electron chi connectivity index (χ0n) is 20.6. The van der Waals surface area contributed by atoms with Crippen LogP contribution in [0.3, 0.4) is 0 Å². The molecule has 1 aliphatic carbocycles. The van der Waals surface area contributed by atoms with Crippen LogP contribution in [0.1, 0.15) is 53.9 Å². The van der Waals surface area contributed by atoms with E-state index in [4.69, 9.17) is 0 Å². The van der Waals surface area contributed by atoms with Gasteiger partial charge in [-0.25, -0.2) is 4.21 Å². The van der Waals surface area contributed by atoms with Crippen LogP contribution in [0, 0.1) is 19.8 Å². The highest BCUT2D eigenvalue weighted by molar-refractivity contribution is 7.85. The molecule has 0 bridgehead atoms. The topological polar surface area (TPSA) is 49.4 Å². The van der Waals surface area contributed by atoms with Crippen molar-refractivity contribution in [1.29, 1.82) is 0 Å². The lowest BCUT2D eigenvalue weighted by atomic mass is 9.86. The summed E-state index contributed by atoms with van der Waals surface area (Å²) in [6.07, 6.45) is 4.29. The molecule has 35 heavy (non-hydrogen) atoms. The normalized spacial score (nSPS) is 17.8. The number of benzene rings is 3. The second kappa shape index (κ2) is 10.5. The van der Waals surface area contributed by atoms with E-state index in [2.05, 4.69) is 41.4 Å². The molecule has 0 aromatic heterocycles. The molecule has 182 valence electrons. The van der Waals surface area contributed by atoms with Crippen LogP contribution in [0.25, 0.3) is 0 Å². The summed E-state index contributed by atoms with van der Waals surface area (Å²) in [6, 6.07) is 22.5. The number of anilines is 1. The summed E-state index contributed by atoms with van der Waals surface area (Å²) >= 11 is 0. The molecule has 5 heteroatoms. The van der Waals surface area contributed by atoms with Crippen molar-refractivity contribution in [3.63, 3.8) is 0 Å². The highest BCUT2D eigenvalue weighted by atomic mass is 32.2. The third-order valence-corrected chi connectivity index (χ3v) is 8.70. The number of rotatable bonds is 7. The van der Waals surface area contributed by atoms with E-state index in [-0.39, 0.29) is 11.8 Å². The summed E-state index contributed by atoms with van der Waals surface area (Å²) in [6.45, 7) is 7.24. The molecule has 4 nitrogen and oxygen atoms in total. The summed E-state index contributed by atoms with van der Waals surface area (Å²) in [5.41, 5.74) is 6.06. The van der Waals surface area contributed by atoms with Crippen molar-refractivity contribution in [2.75, 3.05) is 18.4 Å². The third-order valence-electron chi connectivity index (χ3n) is 7.30. The first-order valence-electron chi connectivity index (χ1n) is 12.7.